The summed E-state index contributed by atoms with van der Waals surface area (Å²) in [5.41, 5.74) is 1.31. The average Bonchev–Trinajstić information content (AvgIpc) is 3.11. The van der Waals surface area contributed by atoms with Crippen molar-refractivity contribution >= 4 is 46.8 Å². The lowest BCUT2D eigenvalue weighted by Gasteiger charge is -2.32. The van der Waals surface area contributed by atoms with Crippen LogP contribution in [-0.2, 0) is 46.4 Å². The normalized spacial score (nSPS) is 21.0. The molecule has 1 aromatic heterocycles. The van der Waals surface area contributed by atoms with E-state index in [1.165, 1.54) is 19.3 Å². The number of nitrogens with zero attached hydrogens (tertiary/aromatic N) is 1. The Morgan fingerprint density at radius 2 is 1.98 bits per heavy atom. The summed E-state index contributed by atoms with van der Waals surface area (Å²) in [6.45, 7) is 1.91. The molecule has 15 heteroatoms. The molecule has 4 amide bonds. The molecule has 0 radical (unpaired) electrons. The molecule has 5 N–H and O–H groups in total. The number of pyridine rings is 1. The molecule has 0 saturated carbocycles. The van der Waals surface area contributed by atoms with Gasteiger partial charge in [0, 0.05) is 29.1 Å². The van der Waals surface area contributed by atoms with Gasteiger partial charge in [-0.05, 0) is 49.0 Å². The number of carbonyl (C=O) groups is 5. The number of alkyl carbamates (subject to hydrolysis) is 1. The van der Waals surface area contributed by atoms with Gasteiger partial charge in [0.05, 0.1) is 29.9 Å². The number of benzene rings is 1. The summed E-state index contributed by atoms with van der Waals surface area (Å²) in [4.78, 5) is 66.5. The highest BCUT2D eigenvalue weighted by molar-refractivity contribution is 6.01. The van der Waals surface area contributed by atoms with Crippen LogP contribution in [0.2, 0.25) is 0 Å². The summed E-state index contributed by atoms with van der Waals surface area (Å²) in [5.74, 6) is -2.87. The minimum absolute atomic E-state index is 0.0174. The molecule has 1 aromatic carbocycles. The first kappa shape index (κ1) is 32.5. The zero-order chi connectivity index (χ0) is 33.2. The number of halogens is 1. The van der Waals surface area contributed by atoms with Gasteiger partial charge in [0.15, 0.2) is 5.60 Å². The van der Waals surface area contributed by atoms with Gasteiger partial charge in [-0.1, -0.05) is 13.0 Å². The monoisotopic (exact) mass is 639 g/mol. The fraction of sp³-hybridized carbons (Fsp3) is 0.419. The summed E-state index contributed by atoms with van der Waals surface area (Å²) >= 11 is 0. The Hall–Kier alpha value is -4.89. The average molecular weight is 640 g/mol. The minimum Gasteiger partial charge on any atom is -0.458 e. The van der Waals surface area contributed by atoms with Crippen molar-refractivity contribution in [1.29, 1.82) is 0 Å². The number of hydrogen-bond acceptors (Lipinski definition) is 10. The lowest BCUT2D eigenvalue weighted by atomic mass is 9.81. The number of hydrogen-bond donors (Lipinski definition) is 5. The van der Waals surface area contributed by atoms with E-state index in [1.807, 2.05) is 0 Å². The Labute approximate surface area is 262 Å². The van der Waals surface area contributed by atoms with Crippen LogP contribution in [0, 0.1) is 12.7 Å². The summed E-state index contributed by atoms with van der Waals surface area (Å²) in [5, 5.41) is 22.3. The second-order valence-electron chi connectivity index (χ2n) is 11.0. The standard InChI is InChI=1S/C31H34FN5O9/c1-4-31(43)19-6-8-21-17(10-33-28(40)18(19)12-46-29(31)41)27-22(7-5-16-15(2)20(32)9-23(36-21)26(16)27)37-25(39)13-45-14-35-24(38)11-34-30(42)44-3/h6,8-9,22,43H,4-5,7,10-14H2,1-3H3,(H,33,40)(H,34,42)(H,35,38)(H,37,39)/b8-6+/t22-,31-/m0/s1. The molecular formula is C31H34FN5O9. The van der Waals surface area contributed by atoms with Gasteiger partial charge in [-0.25, -0.2) is 19.0 Å². The van der Waals surface area contributed by atoms with Crippen LogP contribution in [0.3, 0.4) is 0 Å². The Balaban J connectivity index is 1.45. The van der Waals surface area contributed by atoms with E-state index >= 15 is 4.39 Å². The molecule has 2 aromatic rings. The Morgan fingerprint density at radius 1 is 1.20 bits per heavy atom. The van der Waals surface area contributed by atoms with Crippen LogP contribution in [0.25, 0.3) is 17.0 Å². The molecule has 0 fully saturated rings. The van der Waals surface area contributed by atoms with E-state index in [0.717, 1.165) is 5.56 Å². The molecular weight excluding hydrogens is 605 g/mol. The van der Waals surface area contributed by atoms with Crippen LogP contribution < -0.4 is 21.3 Å². The van der Waals surface area contributed by atoms with Crippen molar-refractivity contribution in [2.45, 2.75) is 51.3 Å². The first-order valence-corrected chi connectivity index (χ1v) is 14.7. The van der Waals surface area contributed by atoms with E-state index in [9.17, 15) is 29.1 Å². The highest BCUT2D eigenvalue weighted by Gasteiger charge is 2.45. The first-order chi connectivity index (χ1) is 22.0. The third-order valence-corrected chi connectivity index (χ3v) is 8.40. The molecule has 0 spiro atoms. The van der Waals surface area contributed by atoms with Crippen molar-refractivity contribution in [2.24, 2.45) is 0 Å². The van der Waals surface area contributed by atoms with Gasteiger partial charge in [-0.2, -0.15) is 0 Å². The highest BCUT2D eigenvalue weighted by Crippen LogP contribution is 2.41. The molecule has 0 unspecified atom stereocenters. The highest BCUT2D eigenvalue weighted by atomic mass is 19.1. The molecule has 3 aliphatic rings. The van der Waals surface area contributed by atoms with Crippen LogP contribution in [0.4, 0.5) is 9.18 Å². The number of aliphatic hydroxyl groups is 1. The van der Waals surface area contributed by atoms with Crippen LogP contribution >= 0.6 is 0 Å². The van der Waals surface area contributed by atoms with Crippen LogP contribution in [0.1, 0.15) is 53.8 Å². The molecule has 2 aliphatic heterocycles. The molecule has 0 saturated heterocycles. The van der Waals surface area contributed by atoms with Crippen molar-refractivity contribution in [3.05, 3.63) is 57.1 Å². The minimum atomic E-state index is -2.04. The lowest BCUT2D eigenvalue weighted by molar-refractivity contribution is -0.163. The van der Waals surface area contributed by atoms with Crippen LogP contribution in [0.15, 0.2) is 23.3 Å². The zero-order valence-corrected chi connectivity index (χ0v) is 25.5. The van der Waals surface area contributed by atoms with Crippen molar-refractivity contribution in [3.8, 4) is 0 Å². The molecule has 2 atom stereocenters. The van der Waals surface area contributed by atoms with Gasteiger partial charge in [0.1, 0.15) is 32.3 Å². The first-order valence-electron chi connectivity index (χ1n) is 14.7. The Morgan fingerprint density at radius 3 is 2.72 bits per heavy atom. The quantitative estimate of drug-likeness (QED) is 0.157. The maximum atomic E-state index is 15.1. The van der Waals surface area contributed by atoms with Crippen LogP contribution in [0.5, 0.6) is 0 Å². The summed E-state index contributed by atoms with van der Waals surface area (Å²) in [6, 6.07) is 0.755. The lowest BCUT2D eigenvalue weighted by Crippen LogP contribution is -2.47. The predicted octanol–water partition coefficient (Wildman–Crippen LogP) is 0.870. The number of ether oxygens (including phenoxy) is 3. The van der Waals surface area contributed by atoms with Gasteiger partial charge < -0.3 is 40.6 Å². The van der Waals surface area contributed by atoms with Crippen molar-refractivity contribution in [2.75, 3.05) is 33.6 Å². The molecule has 5 rings (SSSR count). The number of methoxy groups -OCH3 is 1. The number of aromatic nitrogens is 1. The van der Waals surface area contributed by atoms with Gasteiger partial charge in [0.2, 0.25) is 11.8 Å². The van der Waals surface area contributed by atoms with E-state index in [0.29, 0.717) is 46.1 Å². The molecule has 244 valence electrons. The van der Waals surface area contributed by atoms with E-state index < -0.39 is 53.9 Å². The second-order valence-corrected chi connectivity index (χ2v) is 11.0. The third kappa shape index (κ3) is 6.15. The number of esters is 1. The second kappa shape index (κ2) is 13.2. The van der Waals surface area contributed by atoms with Crippen LogP contribution in [-0.4, -0.2) is 79.1 Å². The van der Waals surface area contributed by atoms with E-state index in [2.05, 4.69) is 26.0 Å². The summed E-state index contributed by atoms with van der Waals surface area (Å²) < 4.78 is 29.9. The number of amides is 4. The SMILES string of the molecule is CC[C@@]1(O)C(=O)OCC2=C1/C=C/c1nc3cc(F)c(C)c4c3c(c1CNC2=O)[C@@H](NC(=O)COCNC(=O)CNC(=O)OC)CC4. The van der Waals surface area contributed by atoms with E-state index in [4.69, 9.17) is 14.5 Å². The number of fused-ring (bicyclic) bond motifs is 2. The van der Waals surface area contributed by atoms with Crippen molar-refractivity contribution in [3.63, 3.8) is 0 Å². The smallest absolute Gasteiger partial charge is 0.407 e. The molecule has 1 aliphatic carbocycles. The number of cyclic esters (lactones) is 1. The third-order valence-electron chi connectivity index (χ3n) is 8.40. The fourth-order valence-corrected chi connectivity index (χ4v) is 5.95. The summed E-state index contributed by atoms with van der Waals surface area (Å²) in [6.07, 6.45) is 3.10. The van der Waals surface area contributed by atoms with E-state index in [-0.39, 0.29) is 44.0 Å². The number of nitrogens with one attached hydrogen (secondary N) is 4. The number of carbonyl (C=O) groups excluding carboxylic acids is 5. The largest absolute Gasteiger partial charge is 0.458 e. The fourth-order valence-electron chi connectivity index (χ4n) is 5.95. The molecule has 46 heavy (non-hydrogen) atoms. The maximum Gasteiger partial charge on any atom is 0.407 e. The van der Waals surface area contributed by atoms with Gasteiger partial charge in [-0.3, -0.25) is 14.4 Å². The van der Waals surface area contributed by atoms with Gasteiger partial charge in [0.25, 0.3) is 5.91 Å². The number of aryl methyl sites for hydroxylation is 1. The maximum absolute atomic E-state index is 15.1. The van der Waals surface area contributed by atoms with E-state index in [1.54, 1.807) is 19.9 Å². The molecule has 0 bridgehead atoms. The Bertz CT molecular complexity index is 1710. The Kier molecular flexibility index (Phi) is 9.34. The molecule has 3 heterocycles. The van der Waals surface area contributed by atoms with Crippen molar-refractivity contribution < 1.29 is 47.7 Å². The predicted molar refractivity (Wildman–Crippen MR) is 159 cm³/mol. The van der Waals surface area contributed by atoms with Gasteiger partial charge >= 0.3 is 12.1 Å². The van der Waals surface area contributed by atoms with Gasteiger partial charge in [-0.15, -0.1) is 0 Å². The topological polar surface area (TPSA) is 194 Å². The summed E-state index contributed by atoms with van der Waals surface area (Å²) in [7, 11) is 1.17. The zero-order valence-electron chi connectivity index (χ0n) is 25.5. The number of rotatable bonds is 8. The van der Waals surface area contributed by atoms with Crippen molar-refractivity contribution in [1.82, 2.24) is 26.3 Å². The molecule has 14 nitrogen and oxygen atoms in total.